The van der Waals surface area contributed by atoms with Crippen LogP contribution < -0.4 is 10.1 Å². The van der Waals surface area contributed by atoms with Crippen molar-refractivity contribution in [2.24, 2.45) is 0 Å². The van der Waals surface area contributed by atoms with E-state index in [4.69, 9.17) is 9.47 Å². The summed E-state index contributed by atoms with van der Waals surface area (Å²) < 4.78 is 12.3. The van der Waals surface area contributed by atoms with E-state index in [0.29, 0.717) is 30.2 Å². The molecule has 2 aromatic rings. The molecule has 0 saturated heterocycles. The number of ether oxygens (including phenoxy) is 2. The molecular weight excluding hydrogens is 414 g/mol. The maximum absolute atomic E-state index is 12.5. The predicted molar refractivity (Wildman–Crippen MR) is 93.6 cm³/mol. The molecule has 0 fully saturated rings. The predicted octanol–water partition coefficient (Wildman–Crippen LogP) is 4.49. The molecule has 1 N–H and O–H groups in total. The lowest BCUT2D eigenvalue weighted by molar-refractivity contribution is 0.101. The zero-order valence-corrected chi connectivity index (χ0v) is 15.1. The summed E-state index contributed by atoms with van der Waals surface area (Å²) in [5.74, 6) is 0.291. The molecule has 0 aliphatic heterocycles. The Labute approximate surface area is 146 Å². The number of methoxy groups -OCH3 is 1. The van der Waals surface area contributed by atoms with Gasteiger partial charge in [0.2, 0.25) is 0 Å². The van der Waals surface area contributed by atoms with Crippen LogP contribution in [-0.2, 0) is 4.74 Å². The van der Waals surface area contributed by atoms with Crippen molar-refractivity contribution < 1.29 is 14.3 Å². The van der Waals surface area contributed by atoms with Crippen LogP contribution in [0, 0.1) is 0 Å². The van der Waals surface area contributed by atoms with Crippen molar-refractivity contribution >= 4 is 43.5 Å². The fraction of sp³-hybridized carbons (Fsp3) is 0.188. The smallest absolute Gasteiger partial charge is 0.259 e. The van der Waals surface area contributed by atoms with E-state index in [2.05, 4.69) is 37.2 Å². The molecule has 0 spiro atoms. The van der Waals surface area contributed by atoms with Crippen molar-refractivity contribution in [1.82, 2.24) is 0 Å². The molecule has 0 saturated carbocycles. The van der Waals surface area contributed by atoms with Crippen molar-refractivity contribution in [3.05, 3.63) is 57.0 Å². The summed E-state index contributed by atoms with van der Waals surface area (Å²) >= 11 is 6.75. The van der Waals surface area contributed by atoms with Crippen molar-refractivity contribution in [3.63, 3.8) is 0 Å². The highest BCUT2D eigenvalue weighted by Gasteiger charge is 2.14. The molecule has 0 bridgehead atoms. The van der Waals surface area contributed by atoms with Crippen LogP contribution >= 0.6 is 31.9 Å². The van der Waals surface area contributed by atoms with Crippen LogP contribution in [0.15, 0.2) is 51.4 Å². The van der Waals surface area contributed by atoms with E-state index < -0.39 is 0 Å². The number of carbonyl (C=O) groups is 1. The van der Waals surface area contributed by atoms with Gasteiger partial charge >= 0.3 is 0 Å². The summed E-state index contributed by atoms with van der Waals surface area (Å²) in [4.78, 5) is 12.5. The Balaban J connectivity index is 2.18. The Morgan fingerprint density at radius 2 is 1.86 bits per heavy atom. The van der Waals surface area contributed by atoms with Gasteiger partial charge in [0, 0.05) is 21.7 Å². The average Bonchev–Trinajstić information content (AvgIpc) is 2.49. The quantitative estimate of drug-likeness (QED) is 0.689. The van der Waals surface area contributed by atoms with E-state index in [1.54, 1.807) is 19.2 Å². The SMILES string of the molecule is COCCOc1ccc(Br)cc1C(=O)Nc1cccc(Br)c1. The van der Waals surface area contributed by atoms with Gasteiger partial charge in [-0.25, -0.2) is 0 Å². The van der Waals surface area contributed by atoms with Crippen molar-refractivity contribution in [2.45, 2.75) is 0 Å². The van der Waals surface area contributed by atoms with Gasteiger partial charge in [-0.2, -0.15) is 0 Å². The van der Waals surface area contributed by atoms with Crippen molar-refractivity contribution in [1.29, 1.82) is 0 Å². The molecule has 0 atom stereocenters. The first kappa shape index (κ1) is 17.0. The molecule has 22 heavy (non-hydrogen) atoms. The number of hydrogen-bond acceptors (Lipinski definition) is 3. The van der Waals surface area contributed by atoms with Crippen LogP contribution in [0.1, 0.15) is 10.4 Å². The number of rotatable bonds is 6. The summed E-state index contributed by atoms with van der Waals surface area (Å²) in [6.45, 7) is 0.845. The molecule has 0 aliphatic rings. The third-order valence-electron chi connectivity index (χ3n) is 2.81. The van der Waals surface area contributed by atoms with E-state index in [9.17, 15) is 4.79 Å². The van der Waals surface area contributed by atoms with Crippen LogP contribution in [0.5, 0.6) is 5.75 Å². The number of halogens is 2. The normalized spacial score (nSPS) is 10.3. The first-order chi connectivity index (χ1) is 10.6. The largest absolute Gasteiger partial charge is 0.490 e. The fourth-order valence-corrected chi connectivity index (χ4v) is 2.57. The van der Waals surface area contributed by atoms with Crippen LogP contribution in [0.2, 0.25) is 0 Å². The monoisotopic (exact) mass is 427 g/mol. The van der Waals surface area contributed by atoms with Gasteiger partial charge in [-0.3, -0.25) is 4.79 Å². The van der Waals surface area contributed by atoms with Gasteiger partial charge < -0.3 is 14.8 Å². The van der Waals surface area contributed by atoms with E-state index in [0.717, 1.165) is 8.95 Å². The van der Waals surface area contributed by atoms with Crippen molar-refractivity contribution in [2.75, 3.05) is 25.6 Å². The van der Waals surface area contributed by atoms with Gasteiger partial charge in [0.1, 0.15) is 12.4 Å². The molecule has 0 heterocycles. The summed E-state index contributed by atoms with van der Waals surface area (Å²) in [6, 6.07) is 12.7. The number of benzene rings is 2. The lowest BCUT2D eigenvalue weighted by Gasteiger charge is -2.12. The molecule has 6 heteroatoms. The average molecular weight is 429 g/mol. The van der Waals surface area contributed by atoms with Gasteiger partial charge in [-0.1, -0.05) is 37.9 Å². The van der Waals surface area contributed by atoms with E-state index in [1.165, 1.54) is 0 Å². The summed E-state index contributed by atoms with van der Waals surface area (Å²) in [6.07, 6.45) is 0. The van der Waals surface area contributed by atoms with Crippen LogP contribution in [0.4, 0.5) is 5.69 Å². The second-order valence-corrected chi connectivity index (χ2v) is 6.28. The third-order valence-corrected chi connectivity index (χ3v) is 3.80. The molecule has 2 rings (SSSR count). The molecule has 2 aromatic carbocycles. The number of hydrogen-bond donors (Lipinski definition) is 1. The third kappa shape index (κ3) is 4.83. The highest BCUT2D eigenvalue weighted by molar-refractivity contribution is 9.10. The minimum Gasteiger partial charge on any atom is -0.490 e. The van der Waals surface area contributed by atoms with Gasteiger partial charge in [0.25, 0.3) is 5.91 Å². The number of amides is 1. The molecule has 0 radical (unpaired) electrons. The molecular formula is C16H15Br2NO3. The van der Waals surface area contributed by atoms with Crippen LogP contribution in [0.3, 0.4) is 0 Å². The second-order valence-electron chi connectivity index (χ2n) is 4.45. The number of anilines is 1. The van der Waals surface area contributed by atoms with Crippen LogP contribution in [0.25, 0.3) is 0 Å². The standard InChI is InChI=1S/C16H15Br2NO3/c1-21-7-8-22-15-6-5-12(18)10-14(15)16(20)19-13-4-2-3-11(17)9-13/h2-6,9-10H,7-8H2,1H3,(H,19,20). The lowest BCUT2D eigenvalue weighted by atomic mass is 10.2. The Hall–Kier alpha value is -1.37. The highest BCUT2D eigenvalue weighted by Crippen LogP contribution is 2.25. The summed E-state index contributed by atoms with van der Waals surface area (Å²) in [5, 5.41) is 2.86. The van der Waals surface area contributed by atoms with E-state index >= 15 is 0 Å². The maximum Gasteiger partial charge on any atom is 0.259 e. The molecule has 0 aromatic heterocycles. The molecule has 0 aliphatic carbocycles. The Morgan fingerprint density at radius 3 is 2.59 bits per heavy atom. The first-order valence-electron chi connectivity index (χ1n) is 6.58. The van der Waals surface area contributed by atoms with E-state index in [-0.39, 0.29) is 5.91 Å². The molecule has 4 nitrogen and oxygen atoms in total. The Kier molecular flexibility index (Phi) is 6.42. The molecule has 1 amide bonds. The second kappa shape index (κ2) is 8.31. The lowest BCUT2D eigenvalue weighted by Crippen LogP contribution is -2.15. The van der Waals surface area contributed by atoms with Gasteiger partial charge in [0.15, 0.2) is 0 Å². The summed E-state index contributed by atoms with van der Waals surface area (Å²) in [5.41, 5.74) is 1.17. The zero-order chi connectivity index (χ0) is 15.9. The van der Waals surface area contributed by atoms with Gasteiger partial charge in [-0.05, 0) is 36.4 Å². The van der Waals surface area contributed by atoms with Crippen molar-refractivity contribution in [3.8, 4) is 5.75 Å². The number of nitrogens with one attached hydrogen (secondary N) is 1. The summed E-state index contributed by atoms with van der Waals surface area (Å²) in [7, 11) is 1.60. The minimum atomic E-state index is -0.230. The maximum atomic E-state index is 12.5. The first-order valence-corrected chi connectivity index (χ1v) is 8.17. The Morgan fingerprint density at radius 1 is 1.09 bits per heavy atom. The van der Waals surface area contributed by atoms with Crippen LogP contribution in [-0.4, -0.2) is 26.2 Å². The minimum absolute atomic E-state index is 0.230. The van der Waals surface area contributed by atoms with E-state index in [1.807, 2.05) is 30.3 Å². The molecule has 116 valence electrons. The molecule has 0 unspecified atom stereocenters. The van der Waals surface area contributed by atoms with Gasteiger partial charge in [0.05, 0.1) is 12.2 Å². The number of carbonyl (C=O) groups excluding carboxylic acids is 1. The van der Waals surface area contributed by atoms with Gasteiger partial charge in [-0.15, -0.1) is 0 Å². The topological polar surface area (TPSA) is 47.6 Å². The highest BCUT2D eigenvalue weighted by atomic mass is 79.9. The zero-order valence-electron chi connectivity index (χ0n) is 11.9. The fourth-order valence-electron chi connectivity index (χ4n) is 1.81. The Bertz CT molecular complexity index is 662.